The molecule has 0 aliphatic heterocycles. The first-order chi connectivity index (χ1) is 9.24. The van der Waals surface area contributed by atoms with Gasteiger partial charge in [-0.2, -0.15) is 13.5 Å². The number of nitrogens with one attached hydrogen (secondary N) is 2. The molecule has 0 saturated heterocycles. The van der Waals surface area contributed by atoms with Crippen LogP contribution in [0.4, 0.5) is 5.13 Å². The topological polar surface area (TPSA) is 108 Å². The van der Waals surface area contributed by atoms with Crippen LogP contribution in [0.3, 0.4) is 0 Å². The van der Waals surface area contributed by atoms with Gasteiger partial charge in [0.1, 0.15) is 0 Å². The van der Waals surface area contributed by atoms with Crippen LogP contribution in [-0.2, 0) is 22.0 Å². The zero-order valence-corrected chi connectivity index (χ0v) is 13.0. The van der Waals surface area contributed by atoms with E-state index < -0.39 is 16.6 Å². The number of hydrogen-bond acceptors (Lipinski definition) is 6. The van der Waals surface area contributed by atoms with Crippen LogP contribution in [0, 0.1) is 0 Å². The van der Waals surface area contributed by atoms with Gasteiger partial charge in [0.15, 0.2) is 10.2 Å². The van der Waals surface area contributed by atoms with E-state index in [0.717, 1.165) is 5.69 Å². The van der Waals surface area contributed by atoms with Gasteiger partial charge in [0.25, 0.3) is 10.0 Å². The van der Waals surface area contributed by atoms with E-state index in [9.17, 15) is 8.42 Å². The molecule has 0 unspecified atom stereocenters. The first-order valence-electron chi connectivity index (χ1n) is 5.86. The highest BCUT2D eigenvalue weighted by Gasteiger charge is 2.23. The Morgan fingerprint density at radius 2 is 2.15 bits per heavy atom. The van der Waals surface area contributed by atoms with E-state index in [-0.39, 0.29) is 21.1 Å². The molecule has 0 radical (unpaired) electrons. The Balaban J connectivity index is 2.27. The van der Waals surface area contributed by atoms with Gasteiger partial charge >= 0.3 is 0 Å². The second-order valence-corrected chi connectivity index (χ2v) is 7.75. The van der Waals surface area contributed by atoms with Gasteiger partial charge in [-0.1, -0.05) is 20.8 Å². The second-order valence-electron chi connectivity index (χ2n) is 5.28. The maximum atomic E-state index is 12.2. The molecule has 7 nitrogen and oxygen atoms in total. The van der Waals surface area contributed by atoms with Crippen LogP contribution in [0.1, 0.15) is 32.0 Å². The van der Waals surface area contributed by atoms with Crippen LogP contribution in [-0.4, -0.2) is 28.7 Å². The third-order valence-electron chi connectivity index (χ3n) is 2.61. The van der Waals surface area contributed by atoms with Gasteiger partial charge in [-0.05, 0) is 0 Å². The normalized spacial score (nSPS) is 12.6. The largest absolute Gasteiger partial charge is 0.392 e. The summed E-state index contributed by atoms with van der Waals surface area (Å²) in [6.07, 6.45) is 1.27. The number of aromatic amines is 1. The Morgan fingerprint density at radius 3 is 2.70 bits per heavy atom. The van der Waals surface area contributed by atoms with Crippen molar-refractivity contribution >= 4 is 26.5 Å². The molecular formula is C11H16N4O3S2. The standard InChI is InChI=1S/C11H16N4O3S2/c1-11(2,3)8-6-19-10(13-8)15-20(17,18)9-7(5-16)4-12-14-9/h4,6,16H,5H2,1-3H3,(H,12,14)(H,13,15). The van der Waals surface area contributed by atoms with Crippen molar-refractivity contribution in [1.82, 2.24) is 15.2 Å². The van der Waals surface area contributed by atoms with Crippen molar-refractivity contribution < 1.29 is 13.5 Å². The summed E-state index contributed by atoms with van der Waals surface area (Å²) >= 11 is 1.22. The van der Waals surface area contributed by atoms with Crippen LogP contribution in [0.2, 0.25) is 0 Å². The SMILES string of the molecule is CC(C)(C)c1csc(NS(=O)(=O)c2[nH]ncc2CO)n1. The quantitative estimate of drug-likeness (QED) is 0.791. The van der Waals surface area contributed by atoms with E-state index in [2.05, 4.69) is 19.9 Å². The number of rotatable bonds is 4. The smallest absolute Gasteiger partial charge is 0.280 e. The van der Waals surface area contributed by atoms with Gasteiger partial charge < -0.3 is 5.11 Å². The molecule has 20 heavy (non-hydrogen) atoms. The van der Waals surface area contributed by atoms with E-state index >= 15 is 0 Å². The van der Waals surface area contributed by atoms with Crippen molar-refractivity contribution in [3.8, 4) is 0 Å². The molecule has 2 rings (SSSR count). The fourth-order valence-electron chi connectivity index (χ4n) is 1.48. The van der Waals surface area contributed by atoms with Crippen LogP contribution in [0.5, 0.6) is 0 Å². The summed E-state index contributed by atoms with van der Waals surface area (Å²) in [7, 11) is -3.83. The van der Waals surface area contributed by atoms with Gasteiger partial charge in [-0.25, -0.2) is 4.98 Å². The average Bonchev–Trinajstić information content (AvgIpc) is 2.94. The molecule has 3 N–H and O–H groups in total. The van der Waals surface area contributed by atoms with Gasteiger partial charge in [-0.15, -0.1) is 11.3 Å². The number of H-pyrrole nitrogens is 1. The Kier molecular flexibility index (Phi) is 3.85. The molecule has 0 saturated carbocycles. The Morgan fingerprint density at radius 1 is 1.45 bits per heavy atom. The van der Waals surface area contributed by atoms with Crippen LogP contribution >= 0.6 is 11.3 Å². The molecule has 0 atom stereocenters. The van der Waals surface area contributed by atoms with E-state index in [1.165, 1.54) is 17.5 Å². The number of nitrogens with zero attached hydrogens (tertiary/aromatic N) is 2. The number of aliphatic hydroxyl groups is 1. The fraction of sp³-hybridized carbons (Fsp3) is 0.455. The maximum Gasteiger partial charge on any atom is 0.280 e. The summed E-state index contributed by atoms with van der Waals surface area (Å²) in [5, 5.41) is 17.0. The molecule has 0 bridgehead atoms. The fourth-order valence-corrected chi connectivity index (χ4v) is 3.79. The molecule has 0 aliphatic carbocycles. The highest BCUT2D eigenvalue weighted by molar-refractivity contribution is 7.92. The molecule has 0 amide bonds. The highest BCUT2D eigenvalue weighted by atomic mass is 32.2. The van der Waals surface area contributed by atoms with Crippen LogP contribution < -0.4 is 4.72 Å². The third kappa shape index (κ3) is 3.00. The predicted octanol–water partition coefficient (Wildman–Crippen LogP) is 1.46. The van der Waals surface area contributed by atoms with Crippen molar-refractivity contribution in [3.05, 3.63) is 22.8 Å². The van der Waals surface area contributed by atoms with Crippen LogP contribution in [0.25, 0.3) is 0 Å². The molecule has 0 spiro atoms. The van der Waals surface area contributed by atoms with Crippen molar-refractivity contribution in [2.75, 3.05) is 4.72 Å². The molecular weight excluding hydrogens is 300 g/mol. The summed E-state index contributed by atoms with van der Waals surface area (Å²) in [6.45, 7) is 5.59. The summed E-state index contributed by atoms with van der Waals surface area (Å²) in [4.78, 5) is 4.26. The number of sulfonamides is 1. The lowest BCUT2D eigenvalue weighted by Crippen LogP contribution is -2.16. The second kappa shape index (κ2) is 5.15. The Labute approximate surface area is 121 Å². The molecule has 9 heteroatoms. The minimum absolute atomic E-state index is 0.146. The van der Waals surface area contributed by atoms with Crippen molar-refractivity contribution in [1.29, 1.82) is 0 Å². The van der Waals surface area contributed by atoms with Crippen molar-refractivity contribution in [3.63, 3.8) is 0 Å². The summed E-state index contributed by atoms with van der Waals surface area (Å²) in [6, 6.07) is 0. The van der Waals surface area contributed by atoms with E-state index in [1.54, 1.807) is 0 Å². The lowest BCUT2D eigenvalue weighted by molar-refractivity contribution is 0.278. The third-order valence-corrected chi connectivity index (χ3v) is 4.85. The average molecular weight is 316 g/mol. The number of aliphatic hydroxyl groups excluding tert-OH is 1. The Hall–Kier alpha value is -1.45. The molecule has 110 valence electrons. The number of hydrogen-bond donors (Lipinski definition) is 3. The molecule has 0 fully saturated rings. The van der Waals surface area contributed by atoms with Gasteiger partial charge in [0.2, 0.25) is 0 Å². The van der Waals surface area contributed by atoms with E-state index in [4.69, 9.17) is 5.11 Å². The summed E-state index contributed by atoms with van der Waals surface area (Å²) in [5.41, 5.74) is 0.877. The zero-order chi connectivity index (χ0) is 15.0. The van der Waals surface area contributed by atoms with Gasteiger partial charge in [0, 0.05) is 16.4 Å². The number of thiazole rings is 1. The zero-order valence-electron chi connectivity index (χ0n) is 11.3. The monoisotopic (exact) mass is 316 g/mol. The Bertz CT molecular complexity index is 697. The van der Waals surface area contributed by atoms with E-state index in [0.29, 0.717) is 0 Å². The minimum atomic E-state index is -3.83. The minimum Gasteiger partial charge on any atom is -0.392 e. The van der Waals surface area contributed by atoms with Gasteiger partial charge in [0.05, 0.1) is 18.5 Å². The highest BCUT2D eigenvalue weighted by Crippen LogP contribution is 2.27. The molecule has 0 aliphatic rings. The van der Waals surface area contributed by atoms with E-state index in [1.807, 2.05) is 26.2 Å². The summed E-state index contributed by atoms with van der Waals surface area (Å²) in [5.74, 6) is 0. The van der Waals surface area contributed by atoms with Crippen LogP contribution in [0.15, 0.2) is 16.6 Å². The molecule has 0 aromatic carbocycles. The first kappa shape index (κ1) is 14.9. The lowest BCUT2D eigenvalue weighted by atomic mass is 9.93. The predicted molar refractivity (Wildman–Crippen MR) is 76.1 cm³/mol. The number of anilines is 1. The van der Waals surface area contributed by atoms with Gasteiger partial charge in [-0.3, -0.25) is 9.82 Å². The molecule has 2 heterocycles. The van der Waals surface area contributed by atoms with Crippen molar-refractivity contribution in [2.45, 2.75) is 37.8 Å². The summed E-state index contributed by atoms with van der Waals surface area (Å²) < 4.78 is 26.7. The number of aromatic nitrogens is 3. The first-order valence-corrected chi connectivity index (χ1v) is 8.22. The molecule has 2 aromatic rings. The maximum absolute atomic E-state index is 12.2. The molecule has 2 aromatic heterocycles. The van der Waals surface area contributed by atoms with Crippen molar-refractivity contribution in [2.24, 2.45) is 0 Å². The lowest BCUT2D eigenvalue weighted by Gasteiger charge is -2.14.